The standard InChI is InChI=1S/C19H20N4O3S/c1-19(25)10-23(11-19)17(24)15-16-14(6-7-27-16)21-18(22-15)20-9-12-4-3-5-13(8-12)26-2/h3-8,25H,9-11H2,1-2H3,(H,20,21,22). The van der Waals surface area contributed by atoms with Crippen molar-refractivity contribution in [2.45, 2.75) is 19.1 Å². The van der Waals surface area contributed by atoms with Gasteiger partial charge in [-0.25, -0.2) is 9.97 Å². The number of aromatic nitrogens is 2. The summed E-state index contributed by atoms with van der Waals surface area (Å²) in [6.45, 7) is 2.86. The quantitative estimate of drug-likeness (QED) is 0.703. The first-order valence-electron chi connectivity index (χ1n) is 8.59. The van der Waals surface area contributed by atoms with Crippen molar-refractivity contribution in [3.8, 4) is 5.75 Å². The van der Waals surface area contributed by atoms with Gasteiger partial charge < -0.3 is 20.1 Å². The molecule has 8 heteroatoms. The van der Waals surface area contributed by atoms with E-state index in [0.29, 0.717) is 31.3 Å². The predicted molar refractivity (Wildman–Crippen MR) is 104 cm³/mol. The molecule has 0 aliphatic carbocycles. The molecule has 0 bridgehead atoms. The summed E-state index contributed by atoms with van der Waals surface area (Å²) in [6.07, 6.45) is 0. The highest BCUT2D eigenvalue weighted by molar-refractivity contribution is 7.17. The number of hydrogen-bond donors (Lipinski definition) is 2. The number of likely N-dealkylation sites (tertiary alicyclic amines) is 1. The highest BCUT2D eigenvalue weighted by Crippen LogP contribution is 2.28. The zero-order chi connectivity index (χ0) is 19.0. The minimum Gasteiger partial charge on any atom is -0.497 e. The molecule has 1 aliphatic rings. The molecule has 3 aromatic rings. The topological polar surface area (TPSA) is 87.6 Å². The SMILES string of the molecule is COc1cccc(CNc2nc(C(=O)N3CC(C)(O)C3)c3sccc3n2)c1. The molecule has 0 saturated carbocycles. The van der Waals surface area contributed by atoms with E-state index in [9.17, 15) is 9.90 Å². The van der Waals surface area contributed by atoms with E-state index in [0.717, 1.165) is 21.5 Å². The summed E-state index contributed by atoms with van der Waals surface area (Å²) in [5.74, 6) is 1.00. The van der Waals surface area contributed by atoms with E-state index in [4.69, 9.17) is 4.74 Å². The molecule has 2 aromatic heterocycles. The number of fused-ring (bicyclic) bond motifs is 1. The molecule has 1 fully saturated rings. The molecule has 7 nitrogen and oxygen atoms in total. The molecule has 27 heavy (non-hydrogen) atoms. The van der Waals surface area contributed by atoms with Crippen molar-refractivity contribution >= 4 is 33.4 Å². The van der Waals surface area contributed by atoms with Crippen LogP contribution in [0.4, 0.5) is 5.95 Å². The van der Waals surface area contributed by atoms with Gasteiger partial charge >= 0.3 is 0 Å². The van der Waals surface area contributed by atoms with Crippen LogP contribution in [0.15, 0.2) is 35.7 Å². The number of carbonyl (C=O) groups is 1. The molecule has 0 spiro atoms. The highest BCUT2D eigenvalue weighted by Gasteiger charge is 2.40. The Labute approximate surface area is 160 Å². The van der Waals surface area contributed by atoms with Gasteiger partial charge in [-0.2, -0.15) is 0 Å². The predicted octanol–water partition coefficient (Wildman–Crippen LogP) is 2.52. The number of hydrogen-bond acceptors (Lipinski definition) is 7. The van der Waals surface area contributed by atoms with E-state index >= 15 is 0 Å². The van der Waals surface area contributed by atoms with Crippen LogP contribution in [0.1, 0.15) is 23.0 Å². The number of β-amino-alcohol motifs (C(OH)–C–C–N with tert-alkyl or cyclic N) is 1. The minimum absolute atomic E-state index is 0.180. The summed E-state index contributed by atoms with van der Waals surface area (Å²) >= 11 is 1.44. The lowest BCUT2D eigenvalue weighted by Gasteiger charge is -2.43. The van der Waals surface area contributed by atoms with Crippen molar-refractivity contribution < 1.29 is 14.6 Å². The maximum atomic E-state index is 12.8. The zero-order valence-corrected chi connectivity index (χ0v) is 15.9. The Kier molecular flexibility index (Phi) is 4.45. The maximum Gasteiger partial charge on any atom is 0.274 e. The molecule has 2 N–H and O–H groups in total. The minimum atomic E-state index is -0.815. The number of rotatable bonds is 5. The summed E-state index contributed by atoms with van der Waals surface area (Å²) in [5, 5.41) is 15.0. The number of nitrogens with zero attached hydrogens (tertiary/aromatic N) is 3. The van der Waals surface area contributed by atoms with E-state index in [1.807, 2.05) is 35.7 Å². The van der Waals surface area contributed by atoms with Crippen LogP contribution >= 0.6 is 11.3 Å². The lowest BCUT2D eigenvalue weighted by molar-refractivity contribution is -0.0669. The third kappa shape index (κ3) is 3.58. The second-order valence-electron chi connectivity index (χ2n) is 6.89. The first-order chi connectivity index (χ1) is 12.9. The lowest BCUT2D eigenvalue weighted by Crippen LogP contribution is -2.61. The van der Waals surface area contributed by atoms with Crippen LogP contribution in [0, 0.1) is 0 Å². The number of methoxy groups -OCH3 is 1. The van der Waals surface area contributed by atoms with Crippen molar-refractivity contribution in [3.63, 3.8) is 0 Å². The summed E-state index contributed by atoms with van der Waals surface area (Å²) in [4.78, 5) is 23.4. The van der Waals surface area contributed by atoms with E-state index in [1.54, 1.807) is 18.9 Å². The van der Waals surface area contributed by atoms with Crippen LogP contribution in [-0.2, 0) is 6.54 Å². The summed E-state index contributed by atoms with van der Waals surface area (Å²) in [7, 11) is 1.63. The fraction of sp³-hybridized carbons (Fsp3) is 0.316. The fourth-order valence-corrected chi connectivity index (χ4v) is 3.93. The molecule has 0 unspecified atom stereocenters. The van der Waals surface area contributed by atoms with Gasteiger partial charge in [0.1, 0.15) is 5.75 Å². The number of nitrogens with one attached hydrogen (secondary N) is 1. The third-order valence-electron chi connectivity index (χ3n) is 4.44. The monoisotopic (exact) mass is 384 g/mol. The molecule has 1 saturated heterocycles. The van der Waals surface area contributed by atoms with Gasteiger partial charge in [-0.05, 0) is 36.1 Å². The Morgan fingerprint density at radius 2 is 2.19 bits per heavy atom. The lowest BCUT2D eigenvalue weighted by atomic mass is 9.96. The Bertz CT molecular complexity index is 994. The molecule has 0 radical (unpaired) electrons. The zero-order valence-electron chi connectivity index (χ0n) is 15.1. The summed E-state index contributed by atoms with van der Waals surface area (Å²) in [5.41, 5.74) is 1.32. The molecule has 3 heterocycles. The highest BCUT2D eigenvalue weighted by atomic mass is 32.1. The number of carbonyl (C=O) groups excluding carboxylic acids is 1. The van der Waals surface area contributed by atoms with Gasteiger partial charge in [-0.3, -0.25) is 4.79 Å². The molecule has 4 rings (SSSR count). The Balaban J connectivity index is 1.57. The Hall–Kier alpha value is -2.71. The second kappa shape index (κ2) is 6.79. The third-order valence-corrected chi connectivity index (χ3v) is 5.35. The molecule has 1 amide bonds. The smallest absolute Gasteiger partial charge is 0.274 e. The average Bonchev–Trinajstić information content (AvgIpc) is 3.12. The van der Waals surface area contributed by atoms with Gasteiger partial charge in [0.05, 0.1) is 36.0 Å². The number of amides is 1. The van der Waals surface area contributed by atoms with Gasteiger partial charge in [-0.15, -0.1) is 11.3 Å². The Morgan fingerprint density at radius 1 is 1.37 bits per heavy atom. The van der Waals surface area contributed by atoms with Crippen LogP contribution in [0.3, 0.4) is 0 Å². The normalized spacial score (nSPS) is 15.4. The molecule has 1 aromatic carbocycles. The molecule has 0 atom stereocenters. The second-order valence-corrected chi connectivity index (χ2v) is 7.81. The first kappa shape index (κ1) is 17.7. The number of benzene rings is 1. The van der Waals surface area contributed by atoms with Crippen molar-refractivity contribution in [3.05, 3.63) is 47.0 Å². The van der Waals surface area contributed by atoms with Crippen LogP contribution < -0.4 is 10.1 Å². The first-order valence-corrected chi connectivity index (χ1v) is 9.47. The van der Waals surface area contributed by atoms with Crippen molar-refractivity contribution in [2.75, 3.05) is 25.5 Å². The number of thiophene rings is 1. The summed E-state index contributed by atoms with van der Waals surface area (Å²) in [6, 6.07) is 9.60. The average molecular weight is 384 g/mol. The molecule has 140 valence electrons. The number of ether oxygens (including phenoxy) is 1. The Morgan fingerprint density at radius 3 is 2.93 bits per heavy atom. The molecular weight excluding hydrogens is 364 g/mol. The largest absolute Gasteiger partial charge is 0.497 e. The van der Waals surface area contributed by atoms with Crippen LogP contribution in [0.5, 0.6) is 5.75 Å². The van der Waals surface area contributed by atoms with Crippen molar-refractivity contribution in [1.29, 1.82) is 0 Å². The summed E-state index contributed by atoms with van der Waals surface area (Å²) < 4.78 is 6.00. The van der Waals surface area contributed by atoms with Crippen molar-refractivity contribution in [1.82, 2.24) is 14.9 Å². The van der Waals surface area contributed by atoms with Crippen LogP contribution in [-0.4, -0.2) is 51.7 Å². The van der Waals surface area contributed by atoms with Gasteiger partial charge in [0, 0.05) is 6.54 Å². The van der Waals surface area contributed by atoms with Gasteiger partial charge in [0.2, 0.25) is 5.95 Å². The van der Waals surface area contributed by atoms with E-state index in [-0.39, 0.29) is 5.91 Å². The maximum absolute atomic E-state index is 12.8. The van der Waals surface area contributed by atoms with Crippen LogP contribution in [0.2, 0.25) is 0 Å². The van der Waals surface area contributed by atoms with Gasteiger partial charge in [-0.1, -0.05) is 12.1 Å². The molecular formula is C19H20N4O3S. The fourth-order valence-electron chi connectivity index (χ4n) is 3.12. The number of anilines is 1. The van der Waals surface area contributed by atoms with Gasteiger partial charge in [0.15, 0.2) is 5.69 Å². The van der Waals surface area contributed by atoms with E-state index < -0.39 is 5.60 Å². The van der Waals surface area contributed by atoms with Gasteiger partial charge in [0.25, 0.3) is 5.91 Å². The van der Waals surface area contributed by atoms with E-state index in [2.05, 4.69) is 15.3 Å². The van der Waals surface area contributed by atoms with E-state index in [1.165, 1.54) is 11.3 Å². The van der Waals surface area contributed by atoms with Crippen molar-refractivity contribution in [2.24, 2.45) is 0 Å². The molecule has 1 aliphatic heterocycles. The number of aliphatic hydroxyl groups is 1. The van der Waals surface area contributed by atoms with Crippen LogP contribution in [0.25, 0.3) is 10.2 Å².